The third-order valence-corrected chi connectivity index (χ3v) is 4.28. The summed E-state index contributed by atoms with van der Waals surface area (Å²) in [5, 5.41) is 25.4. The molecule has 2 aromatic carbocycles. The summed E-state index contributed by atoms with van der Waals surface area (Å²) in [6, 6.07) is 10.4. The zero-order chi connectivity index (χ0) is 18.1. The summed E-state index contributed by atoms with van der Waals surface area (Å²) in [6.07, 6.45) is 0. The first-order chi connectivity index (χ1) is 12.0. The Labute approximate surface area is 144 Å². The van der Waals surface area contributed by atoms with Crippen molar-refractivity contribution in [2.24, 2.45) is 0 Å². The minimum absolute atomic E-state index is 0.0446. The van der Waals surface area contributed by atoms with Gasteiger partial charge in [0, 0.05) is 17.8 Å². The van der Waals surface area contributed by atoms with Gasteiger partial charge in [0.25, 0.3) is 5.69 Å². The summed E-state index contributed by atoms with van der Waals surface area (Å²) >= 11 is 0. The Hall–Kier alpha value is -3.06. The van der Waals surface area contributed by atoms with E-state index in [-0.39, 0.29) is 16.4 Å². The topological polar surface area (TPSA) is 89.6 Å². The second kappa shape index (κ2) is 6.45. The van der Waals surface area contributed by atoms with Crippen molar-refractivity contribution in [2.75, 3.05) is 14.2 Å². The smallest absolute Gasteiger partial charge is 0.298 e. The second-order valence-corrected chi connectivity index (χ2v) is 5.71. The van der Waals surface area contributed by atoms with Crippen LogP contribution in [0.5, 0.6) is 11.5 Å². The Balaban J connectivity index is 2.41. The SMILES string of the molecule is CNCc1c(O)ccc2c([N+](=O)[O-])c(C)n(-c3ccc(OC)cc3)c12. The number of phenols is 1. The predicted molar refractivity (Wildman–Crippen MR) is 95.6 cm³/mol. The first kappa shape index (κ1) is 16.8. The highest BCUT2D eigenvalue weighted by molar-refractivity contribution is 5.96. The largest absolute Gasteiger partial charge is 0.508 e. The molecule has 0 aliphatic rings. The van der Waals surface area contributed by atoms with E-state index < -0.39 is 0 Å². The van der Waals surface area contributed by atoms with Crippen molar-refractivity contribution in [3.63, 3.8) is 0 Å². The van der Waals surface area contributed by atoms with Crippen molar-refractivity contribution in [1.29, 1.82) is 0 Å². The van der Waals surface area contributed by atoms with Gasteiger partial charge < -0.3 is 19.7 Å². The molecule has 0 fully saturated rings. The van der Waals surface area contributed by atoms with Crippen molar-refractivity contribution < 1.29 is 14.8 Å². The summed E-state index contributed by atoms with van der Waals surface area (Å²) in [5.41, 5.74) is 2.56. The van der Waals surface area contributed by atoms with E-state index in [9.17, 15) is 15.2 Å². The zero-order valence-electron chi connectivity index (χ0n) is 14.2. The highest BCUT2D eigenvalue weighted by Gasteiger charge is 2.26. The third-order valence-electron chi connectivity index (χ3n) is 4.28. The van der Waals surface area contributed by atoms with E-state index >= 15 is 0 Å². The molecule has 0 atom stereocenters. The molecular formula is C18H19N3O4. The molecule has 0 saturated heterocycles. The molecule has 3 rings (SSSR count). The van der Waals surface area contributed by atoms with Crippen LogP contribution < -0.4 is 10.1 Å². The summed E-state index contributed by atoms with van der Waals surface area (Å²) in [6.45, 7) is 2.10. The quantitative estimate of drug-likeness (QED) is 0.549. The van der Waals surface area contributed by atoms with Crippen LogP contribution in [-0.4, -0.2) is 28.8 Å². The van der Waals surface area contributed by atoms with Crippen molar-refractivity contribution in [1.82, 2.24) is 9.88 Å². The number of aromatic hydroxyl groups is 1. The lowest BCUT2D eigenvalue weighted by atomic mass is 10.1. The number of methoxy groups -OCH3 is 1. The van der Waals surface area contributed by atoms with E-state index in [0.29, 0.717) is 34.5 Å². The lowest BCUT2D eigenvalue weighted by molar-refractivity contribution is -0.383. The maximum absolute atomic E-state index is 11.6. The van der Waals surface area contributed by atoms with E-state index in [0.717, 1.165) is 5.69 Å². The van der Waals surface area contributed by atoms with Crippen molar-refractivity contribution in [3.05, 3.63) is 57.8 Å². The molecule has 1 aromatic heterocycles. The molecule has 1 heterocycles. The third kappa shape index (κ3) is 2.68. The molecule has 0 unspecified atom stereocenters. The fourth-order valence-corrected chi connectivity index (χ4v) is 3.18. The number of fused-ring (bicyclic) bond motifs is 1. The number of ether oxygens (including phenoxy) is 1. The van der Waals surface area contributed by atoms with Gasteiger partial charge in [-0.05, 0) is 50.4 Å². The minimum Gasteiger partial charge on any atom is -0.508 e. The van der Waals surface area contributed by atoms with Crippen LogP contribution in [-0.2, 0) is 6.54 Å². The Morgan fingerprint density at radius 1 is 1.24 bits per heavy atom. The molecule has 0 aliphatic carbocycles. The molecule has 0 bridgehead atoms. The van der Waals surface area contributed by atoms with Gasteiger partial charge in [-0.1, -0.05) is 0 Å². The van der Waals surface area contributed by atoms with Crippen LogP contribution in [0.2, 0.25) is 0 Å². The first-order valence-corrected chi connectivity index (χ1v) is 7.78. The van der Waals surface area contributed by atoms with Gasteiger partial charge in [-0.15, -0.1) is 0 Å². The first-order valence-electron chi connectivity index (χ1n) is 7.78. The summed E-state index contributed by atoms with van der Waals surface area (Å²) in [5.74, 6) is 0.801. The molecule has 0 aliphatic heterocycles. The Morgan fingerprint density at radius 3 is 2.48 bits per heavy atom. The fraction of sp³-hybridized carbons (Fsp3) is 0.222. The molecule has 0 radical (unpaired) electrons. The molecule has 0 saturated carbocycles. The summed E-state index contributed by atoms with van der Waals surface area (Å²) in [7, 11) is 3.35. The van der Waals surface area contributed by atoms with E-state index in [1.807, 2.05) is 12.1 Å². The van der Waals surface area contributed by atoms with Gasteiger partial charge in [0.2, 0.25) is 0 Å². The monoisotopic (exact) mass is 341 g/mol. The lowest BCUT2D eigenvalue weighted by Gasteiger charge is -2.12. The van der Waals surface area contributed by atoms with Crippen molar-refractivity contribution in [3.8, 4) is 17.2 Å². The van der Waals surface area contributed by atoms with Gasteiger partial charge in [0.1, 0.15) is 11.5 Å². The van der Waals surface area contributed by atoms with Crippen molar-refractivity contribution in [2.45, 2.75) is 13.5 Å². The fourth-order valence-electron chi connectivity index (χ4n) is 3.18. The normalized spacial score (nSPS) is 11.0. The van der Waals surface area contributed by atoms with E-state index in [2.05, 4.69) is 5.32 Å². The molecule has 130 valence electrons. The van der Waals surface area contributed by atoms with Gasteiger partial charge in [-0.25, -0.2) is 0 Å². The van der Waals surface area contributed by atoms with Crippen LogP contribution in [0.1, 0.15) is 11.3 Å². The number of hydrogen-bond donors (Lipinski definition) is 2. The number of phenolic OH excluding ortho intramolecular Hbond substituents is 1. The minimum atomic E-state index is -0.377. The van der Waals surface area contributed by atoms with E-state index in [4.69, 9.17) is 4.74 Å². The molecule has 0 amide bonds. The maximum atomic E-state index is 11.6. The average Bonchev–Trinajstić information content (AvgIpc) is 2.90. The second-order valence-electron chi connectivity index (χ2n) is 5.71. The Morgan fingerprint density at radius 2 is 1.92 bits per heavy atom. The van der Waals surface area contributed by atoms with Crippen molar-refractivity contribution >= 4 is 16.6 Å². The molecule has 25 heavy (non-hydrogen) atoms. The molecule has 0 spiro atoms. The van der Waals surface area contributed by atoms with Gasteiger partial charge in [0.15, 0.2) is 0 Å². The number of aromatic nitrogens is 1. The Bertz CT molecular complexity index is 945. The van der Waals surface area contributed by atoms with Crippen LogP contribution in [0.15, 0.2) is 36.4 Å². The summed E-state index contributed by atoms with van der Waals surface area (Å²) in [4.78, 5) is 11.3. The average molecular weight is 341 g/mol. The van der Waals surface area contributed by atoms with Gasteiger partial charge >= 0.3 is 0 Å². The maximum Gasteiger partial charge on any atom is 0.298 e. The van der Waals surface area contributed by atoms with Crippen LogP contribution in [0, 0.1) is 17.0 Å². The van der Waals surface area contributed by atoms with Gasteiger partial charge in [0.05, 0.1) is 28.6 Å². The van der Waals surface area contributed by atoms with E-state index in [1.54, 1.807) is 43.8 Å². The van der Waals surface area contributed by atoms with Crippen LogP contribution in [0.3, 0.4) is 0 Å². The number of benzene rings is 2. The lowest BCUT2D eigenvalue weighted by Crippen LogP contribution is -2.08. The molecule has 2 N–H and O–H groups in total. The van der Waals surface area contributed by atoms with Crippen LogP contribution in [0.25, 0.3) is 16.6 Å². The summed E-state index contributed by atoms with van der Waals surface area (Å²) < 4.78 is 6.98. The molecule has 7 heteroatoms. The van der Waals surface area contributed by atoms with Gasteiger partial charge in [-0.2, -0.15) is 0 Å². The predicted octanol–water partition coefficient (Wildman–Crippen LogP) is 3.28. The number of rotatable bonds is 5. The van der Waals surface area contributed by atoms with Crippen LogP contribution >= 0.6 is 0 Å². The standard InChI is InChI=1S/C18H19N3O4/c1-11-17(21(23)24)14-8-9-16(22)15(10-19-2)18(14)20(11)12-4-6-13(25-3)7-5-12/h4-9,19,22H,10H2,1-3H3. The van der Waals surface area contributed by atoms with E-state index in [1.165, 1.54) is 6.07 Å². The Kier molecular flexibility index (Phi) is 4.33. The highest BCUT2D eigenvalue weighted by Crippen LogP contribution is 2.39. The number of nitrogens with one attached hydrogen (secondary N) is 1. The molecular weight excluding hydrogens is 322 g/mol. The highest BCUT2D eigenvalue weighted by atomic mass is 16.6. The van der Waals surface area contributed by atoms with Crippen LogP contribution in [0.4, 0.5) is 5.69 Å². The number of hydrogen-bond acceptors (Lipinski definition) is 5. The number of nitro groups is 1. The molecule has 7 nitrogen and oxygen atoms in total. The number of nitrogens with zero attached hydrogens (tertiary/aromatic N) is 2. The zero-order valence-corrected chi connectivity index (χ0v) is 14.2. The molecule has 3 aromatic rings. The van der Waals surface area contributed by atoms with Gasteiger partial charge in [-0.3, -0.25) is 10.1 Å².